The van der Waals surface area contributed by atoms with Gasteiger partial charge in [0.15, 0.2) is 6.04 Å². The second-order valence-corrected chi connectivity index (χ2v) is 3.58. The minimum absolute atomic E-state index is 0.0474. The summed E-state index contributed by atoms with van der Waals surface area (Å²) < 4.78 is 0. The lowest BCUT2D eigenvalue weighted by molar-refractivity contribution is -0.145. The van der Waals surface area contributed by atoms with Gasteiger partial charge in [0, 0.05) is 6.42 Å². The standard InChI is InChI=1S/C9H11ClN4O3/c10-6-3-5(1-2-8(6)15)4-7(13-14-11)9(16)17-12/h1-3,7,15H,4,12H2,(H2,11,13)/t7-/m0/s1. The summed E-state index contributed by atoms with van der Waals surface area (Å²) in [5.74, 6) is 8.82. The fourth-order valence-corrected chi connectivity index (χ4v) is 1.43. The molecule has 1 rings (SSSR count). The Hall–Kier alpha value is -1.86. The number of phenolic OH excluding ortho intramolecular Hbond substituents is 1. The van der Waals surface area contributed by atoms with Crippen molar-refractivity contribution in [1.82, 2.24) is 0 Å². The molecule has 0 aliphatic heterocycles. The van der Waals surface area contributed by atoms with Gasteiger partial charge in [-0.25, -0.2) is 4.79 Å². The molecule has 1 aromatic carbocycles. The molecule has 5 N–H and O–H groups in total. The fraction of sp³-hybridized carbons (Fsp3) is 0.222. The SMILES string of the molecule is NN=N[C@@H](Cc1ccc(O)c(Cl)c1)C(=O)ON. The molecule has 0 radical (unpaired) electrons. The Morgan fingerprint density at radius 2 is 2.29 bits per heavy atom. The van der Waals surface area contributed by atoms with Crippen molar-refractivity contribution in [2.24, 2.45) is 22.1 Å². The summed E-state index contributed by atoms with van der Waals surface area (Å²) in [7, 11) is 0. The number of aromatic hydroxyl groups is 1. The first-order valence-electron chi connectivity index (χ1n) is 4.56. The Kier molecular flexibility index (Phi) is 4.68. The van der Waals surface area contributed by atoms with Gasteiger partial charge in [0.2, 0.25) is 0 Å². The first-order chi connectivity index (χ1) is 8.08. The molecule has 0 heterocycles. The summed E-state index contributed by atoms with van der Waals surface area (Å²) in [4.78, 5) is 15.3. The van der Waals surface area contributed by atoms with Gasteiger partial charge in [0.25, 0.3) is 0 Å². The van der Waals surface area contributed by atoms with Crippen molar-refractivity contribution in [1.29, 1.82) is 0 Å². The van der Waals surface area contributed by atoms with Gasteiger partial charge in [-0.3, -0.25) is 0 Å². The number of benzene rings is 1. The number of carbonyl (C=O) groups excluding carboxylic acids is 1. The second-order valence-electron chi connectivity index (χ2n) is 3.17. The molecule has 0 unspecified atom stereocenters. The summed E-state index contributed by atoms with van der Waals surface area (Å²) >= 11 is 5.72. The highest BCUT2D eigenvalue weighted by Crippen LogP contribution is 2.24. The number of phenols is 1. The molecular weight excluding hydrogens is 248 g/mol. The Balaban J connectivity index is 2.86. The molecule has 1 atom stereocenters. The Morgan fingerprint density at radius 1 is 1.59 bits per heavy atom. The molecule has 0 aromatic heterocycles. The number of hydrogen-bond donors (Lipinski definition) is 3. The molecule has 0 amide bonds. The van der Waals surface area contributed by atoms with E-state index in [1.54, 1.807) is 6.07 Å². The number of nitrogens with two attached hydrogens (primary N) is 2. The molecule has 1 aromatic rings. The van der Waals surface area contributed by atoms with E-state index < -0.39 is 12.0 Å². The minimum Gasteiger partial charge on any atom is -0.506 e. The van der Waals surface area contributed by atoms with Gasteiger partial charge in [-0.05, 0) is 17.7 Å². The van der Waals surface area contributed by atoms with E-state index in [0.717, 1.165) is 0 Å². The Bertz CT molecular complexity index is 438. The van der Waals surface area contributed by atoms with Gasteiger partial charge in [-0.15, -0.1) is 0 Å². The summed E-state index contributed by atoms with van der Waals surface area (Å²) in [6, 6.07) is 3.55. The first-order valence-corrected chi connectivity index (χ1v) is 4.94. The fourth-order valence-electron chi connectivity index (χ4n) is 1.23. The van der Waals surface area contributed by atoms with Crippen LogP contribution in [0.15, 0.2) is 28.5 Å². The van der Waals surface area contributed by atoms with Crippen LogP contribution in [0.2, 0.25) is 5.02 Å². The maximum atomic E-state index is 11.2. The molecule has 7 nitrogen and oxygen atoms in total. The van der Waals surface area contributed by atoms with E-state index in [4.69, 9.17) is 23.3 Å². The van der Waals surface area contributed by atoms with E-state index in [2.05, 4.69) is 15.2 Å². The summed E-state index contributed by atoms with van der Waals surface area (Å²) in [5.41, 5.74) is 0.663. The second kappa shape index (κ2) is 6.02. The predicted octanol–water partition coefficient (Wildman–Crippen LogP) is 0.700. The number of hydrogen-bond acceptors (Lipinski definition) is 6. The summed E-state index contributed by atoms with van der Waals surface area (Å²) in [6.45, 7) is 0. The topological polar surface area (TPSA) is 123 Å². The van der Waals surface area contributed by atoms with Gasteiger partial charge in [-0.2, -0.15) is 11.0 Å². The highest BCUT2D eigenvalue weighted by molar-refractivity contribution is 6.32. The quantitative estimate of drug-likeness (QED) is 0.417. The van der Waals surface area contributed by atoms with E-state index in [9.17, 15) is 9.90 Å². The highest BCUT2D eigenvalue weighted by Gasteiger charge is 2.20. The maximum absolute atomic E-state index is 11.2. The van der Waals surface area contributed by atoms with Gasteiger partial charge in [0.05, 0.1) is 5.02 Å². The van der Waals surface area contributed by atoms with Gasteiger partial charge in [0.1, 0.15) is 5.75 Å². The van der Waals surface area contributed by atoms with Crippen LogP contribution in [0.5, 0.6) is 5.75 Å². The molecule has 0 saturated carbocycles. The molecule has 0 fully saturated rings. The van der Waals surface area contributed by atoms with Crippen molar-refractivity contribution >= 4 is 17.6 Å². The molecule has 0 saturated heterocycles. The Labute approximate surface area is 102 Å². The summed E-state index contributed by atoms with van der Waals surface area (Å²) in [5, 5.41) is 15.9. The molecule has 0 bridgehead atoms. The average Bonchev–Trinajstić information content (AvgIpc) is 2.32. The average molecular weight is 259 g/mol. The van der Waals surface area contributed by atoms with Crippen LogP contribution in [0.4, 0.5) is 0 Å². The maximum Gasteiger partial charge on any atom is 0.351 e. The van der Waals surface area contributed by atoms with Gasteiger partial charge in [-0.1, -0.05) is 22.9 Å². The smallest absolute Gasteiger partial charge is 0.351 e. The molecule has 0 aliphatic rings. The van der Waals surface area contributed by atoms with Crippen LogP contribution in [-0.2, 0) is 16.1 Å². The molecule has 92 valence electrons. The summed E-state index contributed by atoms with van der Waals surface area (Å²) in [6.07, 6.45) is 0.163. The van der Waals surface area contributed by atoms with Gasteiger partial charge >= 0.3 is 5.97 Å². The van der Waals surface area contributed by atoms with Crippen LogP contribution in [0, 0.1) is 0 Å². The van der Waals surface area contributed by atoms with Crippen LogP contribution in [-0.4, -0.2) is 17.1 Å². The zero-order valence-corrected chi connectivity index (χ0v) is 9.46. The van der Waals surface area contributed by atoms with Crippen molar-refractivity contribution in [3.8, 4) is 5.75 Å². The third kappa shape index (κ3) is 3.58. The van der Waals surface area contributed by atoms with E-state index in [-0.39, 0.29) is 17.2 Å². The monoisotopic (exact) mass is 258 g/mol. The van der Waals surface area contributed by atoms with Crippen molar-refractivity contribution < 1.29 is 14.7 Å². The van der Waals surface area contributed by atoms with E-state index >= 15 is 0 Å². The van der Waals surface area contributed by atoms with E-state index in [1.165, 1.54) is 12.1 Å². The number of nitrogens with zero attached hydrogens (tertiary/aromatic N) is 2. The largest absolute Gasteiger partial charge is 0.506 e. The lowest BCUT2D eigenvalue weighted by atomic mass is 10.1. The highest BCUT2D eigenvalue weighted by atomic mass is 35.5. The van der Waals surface area contributed by atoms with Crippen LogP contribution in [0.25, 0.3) is 0 Å². The first kappa shape index (κ1) is 13.2. The number of rotatable bonds is 4. The van der Waals surface area contributed by atoms with Crippen LogP contribution < -0.4 is 11.7 Å². The zero-order chi connectivity index (χ0) is 12.8. The molecule has 8 heteroatoms. The molecule has 17 heavy (non-hydrogen) atoms. The lowest BCUT2D eigenvalue weighted by Crippen LogP contribution is -2.26. The van der Waals surface area contributed by atoms with Crippen molar-refractivity contribution in [3.05, 3.63) is 28.8 Å². The van der Waals surface area contributed by atoms with Crippen LogP contribution in [0.1, 0.15) is 5.56 Å². The van der Waals surface area contributed by atoms with Crippen LogP contribution >= 0.6 is 11.6 Å². The van der Waals surface area contributed by atoms with Crippen molar-refractivity contribution in [2.75, 3.05) is 0 Å². The van der Waals surface area contributed by atoms with Crippen LogP contribution in [0.3, 0.4) is 0 Å². The van der Waals surface area contributed by atoms with Crippen molar-refractivity contribution in [3.63, 3.8) is 0 Å². The third-order valence-electron chi connectivity index (χ3n) is 2.04. The number of carbonyl (C=O) groups is 1. The molecule has 0 aliphatic carbocycles. The molecular formula is C9H11ClN4O3. The number of halogens is 1. The predicted molar refractivity (Wildman–Crippen MR) is 59.9 cm³/mol. The zero-order valence-electron chi connectivity index (χ0n) is 8.71. The lowest BCUT2D eigenvalue weighted by Gasteiger charge is -2.08. The molecule has 0 spiro atoms. The normalized spacial score (nSPS) is 12.6. The van der Waals surface area contributed by atoms with E-state index in [0.29, 0.717) is 5.56 Å². The minimum atomic E-state index is -0.939. The third-order valence-corrected chi connectivity index (χ3v) is 2.34. The van der Waals surface area contributed by atoms with Gasteiger partial charge < -0.3 is 15.8 Å². The Morgan fingerprint density at radius 3 is 2.82 bits per heavy atom. The van der Waals surface area contributed by atoms with E-state index in [1.807, 2.05) is 0 Å². The van der Waals surface area contributed by atoms with Crippen molar-refractivity contribution in [2.45, 2.75) is 12.5 Å².